The predicted octanol–water partition coefficient (Wildman–Crippen LogP) is 2.64. The maximum absolute atomic E-state index is 13.0. The van der Waals surface area contributed by atoms with E-state index in [1.807, 2.05) is 42.4 Å². The molecular formula is C20H24N4O4S2. The SMILES string of the molecule is Cc1cc(-n2c(C)cc(C(=O)CN3CCN(S(=O)(=O)c4cccs4)CC3)c2C)no1. The first-order valence-electron chi connectivity index (χ1n) is 9.69. The lowest BCUT2D eigenvalue weighted by molar-refractivity contribution is 0.0901. The maximum Gasteiger partial charge on any atom is 0.252 e. The van der Waals surface area contributed by atoms with Gasteiger partial charge < -0.3 is 4.52 Å². The Morgan fingerprint density at radius 3 is 2.50 bits per heavy atom. The Bertz CT molecular complexity index is 1150. The molecule has 8 nitrogen and oxygen atoms in total. The lowest BCUT2D eigenvalue weighted by atomic mass is 10.1. The molecule has 30 heavy (non-hydrogen) atoms. The summed E-state index contributed by atoms with van der Waals surface area (Å²) in [5.74, 6) is 1.39. The van der Waals surface area contributed by atoms with E-state index in [0.717, 1.165) is 11.4 Å². The Kier molecular flexibility index (Phi) is 5.67. The third kappa shape index (κ3) is 3.87. The average molecular weight is 449 g/mol. The number of rotatable bonds is 6. The van der Waals surface area contributed by atoms with E-state index in [9.17, 15) is 13.2 Å². The zero-order valence-electron chi connectivity index (χ0n) is 17.2. The Labute approximate surface area is 179 Å². The molecule has 160 valence electrons. The Hall–Kier alpha value is -2.27. The number of Topliss-reactive ketones (excluding diaryl/α,β-unsaturated/α-hetero) is 1. The van der Waals surface area contributed by atoms with Crippen LogP contribution >= 0.6 is 11.3 Å². The molecule has 1 saturated heterocycles. The van der Waals surface area contributed by atoms with Crippen molar-refractivity contribution in [2.75, 3.05) is 32.7 Å². The van der Waals surface area contributed by atoms with Crippen molar-refractivity contribution in [1.29, 1.82) is 0 Å². The fourth-order valence-electron chi connectivity index (χ4n) is 3.81. The van der Waals surface area contributed by atoms with Crippen molar-refractivity contribution in [3.8, 4) is 5.82 Å². The number of thiophene rings is 1. The minimum absolute atomic E-state index is 0.0177. The third-order valence-corrected chi connectivity index (χ3v) is 8.64. The molecule has 0 amide bonds. The second-order valence-electron chi connectivity index (χ2n) is 7.45. The van der Waals surface area contributed by atoms with E-state index in [0.29, 0.717) is 47.5 Å². The lowest BCUT2D eigenvalue weighted by Crippen LogP contribution is -2.49. The van der Waals surface area contributed by atoms with Gasteiger partial charge in [-0.15, -0.1) is 11.3 Å². The van der Waals surface area contributed by atoms with Gasteiger partial charge in [0.2, 0.25) is 0 Å². The van der Waals surface area contributed by atoms with Crippen LogP contribution in [0, 0.1) is 20.8 Å². The molecule has 0 aromatic carbocycles. The third-order valence-electron chi connectivity index (χ3n) is 5.36. The predicted molar refractivity (Wildman–Crippen MR) is 114 cm³/mol. The van der Waals surface area contributed by atoms with E-state index in [1.54, 1.807) is 17.5 Å². The summed E-state index contributed by atoms with van der Waals surface area (Å²) >= 11 is 1.23. The van der Waals surface area contributed by atoms with Crippen molar-refractivity contribution in [3.63, 3.8) is 0 Å². The van der Waals surface area contributed by atoms with Gasteiger partial charge in [0.25, 0.3) is 10.0 Å². The van der Waals surface area contributed by atoms with Crippen LogP contribution in [0.1, 0.15) is 27.5 Å². The van der Waals surface area contributed by atoms with Gasteiger partial charge in [-0.25, -0.2) is 8.42 Å². The smallest absolute Gasteiger partial charge is 0.252 e. The largest absolute Gasteiger partial charge is 0.360 e. The van der Waals surface area contributed by atoms with Gasteiger partial charge in [-0.3, -0.25) is 14.3 Å². The molecule has 0 spiro atoms. The molecule has 4 rings (SSSR count). The van der Waals surface area contributed by atoms with Gasteiger partial charge in [-0.1, -0.05) is 11.2 Å². The number of hydrogen-bond acceptors (Lipinski definition) is 7. The Morgan fingerprint density at radius 1 is 1.17 bits per heavy atom. The number of sulfonamides is 1. The van der Waals surface area contributed by atoms with Crippen LogP contribution in [0.25, 0.3) is 5.82 Å². The second kappa shape index (κ2) is 8.10. The molecule has 0 N–H and O–H groups in total. The van der Waals surface area contributed by atoms with Crippen LogP contribution in [0.2, 0.25) is 0 Å². The molecule has 1 aliphatic rings. The average Bonchev–Trinajstić information content (AvgIpc) is 3.44. The first kappa shape index (κ1) is 21.0. The highest BCUT2D eigenvalue weighted by Crippen LogP contribution is 2.23. The number of aromatic nitrogens is 2. The molecule has 1 aliphatic heterocycles. The van der Waals surface area contributed by atoms with Gasteiger partial charge in [0.15, 0.2) is 11.6 Å². The van der Waals surface area contributed by atoms with Crippen molar-refractivity contribution in [3.05, 3.63) is 52.4 Å². The second-order valence-corrected chi connectivity index (χ2v) is 10.6. The van der Waals surface area contributed by atoms with Crippen LogP contribution < -0.4 is 0 Å². The van der Waals surface area contributed by atoms with Crippen LogP contribution in [0.3, 0.4) is 0 Å². The Balaban J connectivity index is 1.42. The molecule has 3 aromatic heterocycles. The van der Waals surface area contributed by atoms with Crippen molar-refractivity contribution >= 4 is 27.1 Å². The van der Waals surface area contributed by atoms with E-state index in [1.165, 1.54) is 15.6 Å². The highest BCUT2D eigenvalue weighted by molar-refractivity contribution is 7.91. The fourth-order valence-corrected chi connectivity index (χ4v) is 6.38. The molecule has 1 fully saturated rings. The standard InChI is InChI=1S/C20H24N4O4S2/c1-14-11-17(16(3)24(14)19-12-15(2)28-21-19)18(25)13-22-6-8-23(9-7-22)30(26,27)20-5-4-10-29-20/h4-5,10-12H,6-9,13H2,1-3H3. The number of carbonyl (C=O) groups is 1. The van der Waals surface area contributed by atoms with Crippen molar-refractivity contribution in [1.82, 2.24) is 18.9 Å². The first-order valence-corrected chi connectivity index (χ1v) is 12.0. The van der Waals surface area contributed by atoms with Gasteiger partial charge in [0.05, 0.1) is 6.54 Å². The van der Waals surface area contributed by atoms with E-state index in [2.05, 4.69) is 5.16 Å². The zero-order valence-corrected chi connectivity index (χ0v) is 18.8. The van der Waals surface area contributed by atoms with E-state index in [-0.39, 0.29) is 12.3 Å². The molecule has 0 unspecified atom stereocenters. The molecule has 0 aliphatic carbocycles. The number of hydrogen-bond donors (Lipinski definition) is 0. The summed E-state index contributed by atoms with van der Waals surface area (Å²) in [6.07, 6.45) is 0. The quantitative estimate of drug-likeness (QED) is 0.539. The molecular weight excluding hydrogens is 424 g/mol. The molecule has 10 heteroatoms. The van der Waals surface area contributed by atoms with Crippen molar-refractivity contribution < 1.29 is 17.7 Å². The highest BCUT2D eigenvalue weighted by Gasteiger charge is 2.30. The van der Waals surface area contributed by atoms with E-state index in [4.69, 9.17) is 4.52 Å². The van der Waals surface area contributed by atoms with E-state index >= 15 is 0 Å². The number of nitrogens with zero attached hydrogens (tertiary/aromatic N) is 4. The molecule has 0 bridgehead atoms. The molecule has 0 atom stereocenters. The molecule has 0 radical (unpaired) electrons. The first-order chi connectivity index (χ1) is 14.3. The van der Waals surface area contributed by atoms with Crippen molar-refractivity contribution in [2.24, 2.45) is 0 Å². The van der Waals surface area contributed by atoms with Crippen LogP contribution in [0.4, 0.5) is 0 Å². The highest BCUT2D eigenvalue weighted by atomic mass is 32.2. The summed E-state index contributed by atoms with van der Waals surface area (Å²) in [4.78, 5) is 15.0. The summed E-state index contributed by atoms with van der Waals surface area (Å²) in [5.41, 5.74) is 2.39. The van der Waals surface area contributed by atoms with Gasteiger partial charge in [0.1, 0.15) is 9.97 Å². The number of aryl methyl sites for hydroxylation is 2. The number of carbonyl (C=O) groups excluding carboxylic acids is 1. The van der Waals surface area contributed by atoms with Crippen molar-refractivity contribution in [2.45, 2.75) is 25.0 Å². The summed E-state index contributed by atoms with van der Waals surface area (Å²) in [7, 11) is -3.44. The number of ketones is 1. The van der Waals surface area contributed by atoms with E-state index < -0.39 is 10.0 Å². The molecule has 0 saturated carbocycles. The maximum atomic E-state index is 13.0. The van der Waals surface area contributed by atoms with Crippen LogP contribution in [0.5, 0.6) is 0 Å². The number of piperazine rings is 1. The van der Waals surface area contributed by atoms with Gasteiger partial charge in [-0.2, -0.15) is 4.31 Å². The normalized spacial score (nSPS) is 16.2. The van der Waals surface area contributed by atoms with Gasteiger partial charge in [-0.05, 0) is 38.3 Å². The molecule has 4 heterocycles. The Morgan fingerprint density at radius 2 is 1.90 bits per heavy atom. The summed E-state index contributed by atoms with van der Waals surface area (Å²) in [5, 5.41) is 5.82. The lowest BCUT2D eigenvalue weighted by Gasteiger charge is -2.33. The minimum Gasteiger partial charge on any atom is -0.360 e. The summed E-state index contributed by atoms with van der Waals surface area (Å²) in [6, 6.07) is 7.08. The fraction of sp³-hybridized carbons (Fsp3) is 0.400. The van der Waals surface area contributed by atoms with Crippen LogP contribution in [-0.2, 0) is 10.0 Å². The summed E-state index contributed by atoms with van der Waals surface area (Å²) in [6.45, 7) is 7.73. The monoisotopic (exact) mass is 448 g/mol. The topological polar surface area (TPSA) is 88.7 Å². The minimum atomic E-state index is -3.44. The zero-order chi connectivity index (χ0) is 21.5. The molecule has 3 aromatic rings. The summed E-state index contributed by atoms with van der Waals surface area (Å²) < 4.78 is 34.3. The van der Waals surface area contributed by atoms with Crippen LogP contribution in [-0.4, -0.2) is 65.9 Å². The van der Waals surface area contributed by atoms with Gasteiger partial charge in [0, 0.05) is 49.2 Å². The van der Waals surface area contributed by atoms with Gasteiger partial charge >= 0.3 is 0 Å². The van der Waals surface area contributed by atoms with Crippen LogP contribution in [0.15, 0.2) is 38.4 Å².